The van der Waals surface area contributed by atoms with Crippen molar-refractivity contribution < 1.29 is 29.4 Å². The van der Waals surface area contributed by atoms with Crippen LogP contribution in [0.4, 0.5) is 0 Å². The Kier molecular flexibility index (Phi) is 32.3. The highest BCUT2D eigenvalue weighted by Crippen LogP contribution is 2.22. The van der Waals surface area contributed by atoms with E-state index in [-0.39, 0.29) is 24.7 Å². The van der Waals surface area contributed by atoms with Gasteiger partial charge in [-0.25, -0.2) is 0 Å². The molecule has 0 fully saturated rings. The maximum atomic E-state index is 12.2. The van der Waals surface area contributed by atoms with Crippen LogP contribution in [0.5, 0.6) is 0 Å². The van der Waals surface area contributed by atoms with Crippen LogP contribution < -0.4 is 22.1 Å². The number of hydrogen-bond donors (Lipinski definition) is 6. The average Bonchev–Trinajstić information content (AvgIpc) is 3.02. The van der Waals surface area contributed by atoms with Gasteiger partial charge in [0.25, 0.3) is 0 Å². The van der Waals surface area contributed by atoms with Crippen molar-refractivity contribution in [1.29, 1.82) is 0 Å². The first kappa shape index (κ1) is 44.5. The summed E-state index contributed by atoms with van der Waals surface area (Å²) in [5.74, 6) is -0.734. The minimum atomic E-state index is -0.701. The summed E-state index contributed by atoms with van der Waals surface area (Å²) < 4.78 is 0. The topological polar surface area (TPSA) is 185 Å². The molecule has 0 rings (SSSR count). The lowest BCUT2D eigenvalue weighted by molar-refractivity contribution is -0.138. The fourth-order valence-electron chi connectivity index (χ4n) is 5.06. The summed E-state index contributed by atoms with van der Waals surface area (Å²) in [5.41, 5.74) is 12.1. The largest absolute Gasteiger partial charge is 0.481 e. The van der Waals surface area contributed by atoms with Crippen molar-refractivity contribution in [2.75, 3.05) is 24.6 Å². The van der Waals surface area contributed by atoms with E-state index in [4.69, 9.17) is 21.7 Å². The molecule has 2 unspecified atom stereocenters. The SMILES string of the molecule is NC(CSSCC(N)C(=O)NCCCCCCCCCCCCCC(=O)O)C(=O)NCCCCCCCCCCCCCC(=O)O. The normalized spacial score (nSPS) is 12.5. The molecule has 2 amide bonds. The van der Waals surface area contributed by atoms with Gasteiger partial charge in [-0.2, -0.15) is 0 Å². The van der Waals surface area contributed by atoms with E-state index < -0.39 is 24.0 Å². The van der Waals surface area contributed by atoms with E-state index in [1.165, 1.54) is 98.6 Å². The van der Waals surface area contributed by atoms with Crippen molar-refractivity contribution >= 4 is 45.3 Å². The second-order valence-electron chi connectivity index (χ2n) is 12.4. The molecule has 0 heterocycles. The lowest BCUT2D eigenvalue weighted by Gasteiger charge is -2.14. The number of carbonyl (C=O) groups is 4. The van der Waals surface area contributed by atoms with Crippen molar-refractivity contribution in [3.05, 3.63) is 0 Å². The van der Waals surface area contributed by atoms with Gasteiger partial charge < -0.3 is 32.3 Å². The Labute approximate surface area is 286 Å². The Bertz CT molecular complexity index is 716. The maximum absolute atomic E-state index is 12.2. The molecule has 0 aliphatic carbocycles. The highest BCUT2D eigenvalue weighted by atomic mass is 33.1. The summed E-state index contributed by atoms with van der Waals surface area (Å²) in [5, 5.41) is 23.1. The van der Waals surface area contributed by atoms with Gasteiger partial charge in [-0.1, -0.05) is 137 Å². The van der Waals surface area contributed by atoms with E-state index in [1.807, 2.05) is 0 Å². The van der Waals surface area contributed by atoms with Crippen LogP contribution in [-0.4, -0.2) is 70.6 Å². The highest BCUT2D eigenvalue weighted by molar-refractivity contribution is 8.76. The molecule has 8 N–H and O–H groups in total. The van der Waals surface area contributed by atoms with Crippen LogP contribution in [0.15, 0.2) is 0 Å². The molecular weight excluding hydrogens is 625 g/mol. The van der Waals surface area contributed by atoms with Gasteiger partial charge in [-0.3, -0.25) is 19.2 Å². The van der Waals surface area contributed by atoms with Crippen molar-refractivity contribution in [3.8, 4) is 0 Å². The van der Waals surface area contributed by atoms with Gasteiger partial charge >= 0.3 is 11.9 Å². The van der Waals surface area contributed by atoms with Gasteiger partial charge in [0.05, 0.1) is 12.1 Å². The first-order chi connectivity index (χ1) is 22.2. The smallest absolute Gasteiger partial charge is 0.303 e. The van der Waals surface area contributed by atoms with E-state index in [0.717, 1.165) is 64.2 Å². The number of rotatable bonds is 35. The van der Waals surface area contributed by atoms with Crippen LogP contribution in [0.2, 0.25) is 0 Å². The van der Waals surface area contributed by atoms with Gasteiger partial charge in [-0.05, 0) is 25.7 Å². The second-order valence-corrected chi connectivity index (χ2v) is 15.0. The Balaban J connectivity index is 3.50. The van der Waals surface area contributed by atoms with Crippen LogP contribution >= 0.6 is 21.6 Å². The number of aliphatic carboxylic acids is 2. The van der Waals surface area contributed by atoms with Crippen LogP contribution in [0.25, 0.3) is 0 Å². The third-order valence-electron chi connectivity index (χ3n) is 7.99. The number of hydrogen-bond acceptors (Lipinski definition) is 8. The van der Waals surface area contributed by atoms with Gasteiger partial charge in [0.15, 0.2) is 0 Å². The number of unbranched alkanes of at least 4 members (excludes halogenated alkanes) is 20. The van der Waals surface area contributed by atoms with Gasteiger partial charge in [0, 0.05) is 37.4 Å². The molecule has 0 radical (unpaired) electrons. The molecule has 46 heavy (non-hydrogen) atoms. The standard InChI is InChI=1S/C34H66N4O6S2/c35-29(33(43)37-25-21-17-13-9-5-1-3-7-11-15-19-23-31(39)40)27-45-46-28-30(36)34(44)38-26-22-18-14-10-6-2-4-8-12-16-20-24-32(41)42/h29-30H,1-28,35-36H2,(H,37,43)(H,38,44)(H,39,40)(H,41,42). The molecule has 270 valence electrons. The summed E-state index contributed by atoms with van der Waals surface area (Å²) in [6.07, 6.45) is 25.0. The molecule has 0 saturated carbocycles. The van der Waals surface area contributed by atoms with E-state index in [0.29, 0.717) is 24.6 Å². The molecule has 0 bridgehead atoms. The zero-order valence-corrected chi connectivity index (χ0v) is 30.1. The van der Waals surface area contributed by atoms with Crippen LogP contribution in [0.1, 0.15) is 154 Å². The van der Waals surface area contributed by atoms with Crippen LogP contribution in [0, 0.1) is 0 Å². The predicted molar refractivity (Wildman–Crippen MR) is 193 cm³/mol. The van der Waals surface area contributed by atoms with E-state index in [1.54, 1.807) is 0 Å². The Morgan fingerprint density at radius 1 is 0.435 bits per heavy atom. The van der Waals surface area contributed by atoms with Gasteiger partial charge in [-0.15, -0.1) is 0 Å². The Morgan fingerprint density at radius 3 is 0.935 bits per heavy atom. The number of carboxylic acids is 2. The van der Waals surface area contributed by atoms with Gasteiger partial charge in [0.2, 0.25) is 11.8 Å². The van der Waals surface area contributed by atoms with Crippen molar-refractivity contribution in [2.45, 2.75) is 166 Å². The molecule has 10 nitrogen and oxygen atoms in total. The van der Waals surface area contributed by atoms with Crippen LogP contribution in [-0.2, 0) is 19.2 Å². The molecule has 0 saturated heterocycles. The Hall–Kier alpha value is -1.50. The monoisotopic (exact) mass is 690 g/mol. The summed E-state index contributed by atoms with van der Waals surface area (Å²) in [6, 6.07) is -1.16. The molecule has 0 aliphatic heterocycles. The number of nitrogens with one attached hydrogen (secondary N) is 2. The fraction of sp³-hybridized carbons (Fsp3) is 0.882. The molecule has 0 aromatic heterocycles. The zero-order valence-electron chi connectivity index (χ0n) is 28.5. The minimum absolute atomic E-state index is 0.136. The highest BCUT2D eigenvalue weighted by Gasteiger charge is 2.16. The van der Waals surface area contributed by atoms with E-state index in [9.17, 15) is 19.2 Å². The maximum Gasteiger partial charge on any atom is 0.303 e. The van der Waals surface area contributed by atoms with Crippen molar-refractivity contribution in [2.24, 2.45) is 11.5 Å². The molecule has 0 aromatic carbocycles. The van der Waals surface area contributed by atoms with Gasteiger partial charge in [0.1, 0.15) is 0 Å². The molecule has 0 aromatic rings. The lowest BCUT2D eigenvalue weighted by atomic mass is 10.1. The minimum Gasteiger partial charge on any atom is -0.481 e. The van der Waals surface area contributed by atoms with E-state index >= 15 is 0 Å². The second kappa shape index (κ2) is 33.4. The summed E-state index contributed by atoms with van der Waals surface area (Å²) >= 11 is 0. The fourth-order valence-corrected chi connectivity index (χ4v) is 7.31. The number of carbonyl (C=O) groups excluding carboxylic acids is 2. The molecule has 0 aliphatic rings. The molecule has 2 atom stereocenters. The van der Waals surface area contributed by atoms with Crippen LogP contribution in [0.3, 0.4) is 0 Å². The lowest BCUT2D eigenvalue weighted by Crippen LogP contribution is -2.43. The van der Waals surface area contributed by atoms with Crippen molar-refractivity contribution in [1.82, 2.24) is 10.6 Å². The first-order valence-corrected chi connectivity index (χ1v) is 20.5. The molecular formula is C34H66N4O6S2. The Morgan fingerprint density at radius 2 is 0.674 bits per heavy atom. The third kappa shape index (κ3) is 32.4. The molecule has 12 heteroatoms. The first-order valence-electron chi connectivity index (χ1n) is 18.0. The third-order valence-corrected chi connectivity index (χ3v) is 10.5. The van der Waals surface area contributed by atoms with Crippen molar-refractivity contribution in [3.63, 3.8) is 0 Å². The average molecular weight is 691 g/mol. The number of carboxylic acid groups (broad SMARTS) is 2. The summed E-state index contributed by atoms with van der Waals surface area (Å²) in [6.45, 7) is 1.29. The number of amides is 2. The zero-order chi connectivity index (χ0) is 34.1. The molecule has 0 spiro atoms. The number of nitrogens with two attached hydrogens (primary N) is 2. The quantitative estimate of drug-likeness (QED) is 0.0306. The predicted octanol–water partition coefficient (Wildman–Crippen LogP) is 6.79. The summed E-state index contributed by atoms with van der Waals surface area (Å²) in [7, 11) is 2.95. The van der Waals surface area contributed by atoms with E-state index in [2.05, 4.69) is 10.6 Å². The summed E-state index contributed by atoms with van der Waals surface area (Å²) in [4.78, 5) is 45.5.